The number of amides is 1. The lowest BCUT2D eigenvalue weighted by Gasteiger charge is -2.37. The number of nitrogens with one attached hydrogen (secondary N) is 1. The molecule has 46 heavy (non-hydrogen) atoms. The minimum atomic E-state index is -3.97. The molecule has 1 heterocycles. The van der Waals surface area contributed by atoms with E-state index in [4.69, 9.17) is 10.5 Å². The van der Waals surface area contributed by atoms with Gasteiger partial charge in [0.05, 0.1) is 24.7 Å². The van der Waals surface area contributed by atoms with E-state index in [2.05, 4.69) is 10.3 Å². The fourth-order valence-corrected chi connectivity index (χ4v) is 8.09. The quantitative estimate of drug-likeness (QED) is 0.119. The van der Waals surface area contributed by atoms with Gasteiger partial charge in [-0.25, -0.2) is 18.2 Å². The summed E-state index contributed by atoms with van der Waals surface area (Å²) in [7, 11) is -2.77. The van der Waals surface area contributed by atoms with Crippen molar-refractivity contribution in [2.24, 2.45) is 11.7 Å². The number of benzene rings is 3. The molecule has 0 saturated carbocycles. The number of primary amides is 1. The Labute approximate surface area is 274 Å². The van der Waals surface area contributed by atoms with Gasteiger partial charge in [0.15, 0.2) is 0 Å². The Kier molecular flexibility index (Phi) is 11.8. The van der Waals surface area contributed by atoms with Gasteiger partial charge in [-0.15, -0.1) is 11.3 Å². The van der Waals surface area contributed by atoms with Crippen molar-refractivity contribution in [1.29, 1.82) is 0 Å². The van der Waals surface area contributed by atoms with Gasteiger partial charge >= 0.3 is 5.97 Å². The molecule has 12 heteroatoms. The molecule has 4 rings (SSSR count). The minimum absolute atomic E-state index is 0.0749. The van der Waals surface area contributed by atoms with Gasteiger partial charge in [-0.2, -0.15) is 4.31 Å². The first kappa shape index (κ1) is 34.9. The number of aromatic nitrogens is 1. The topological polar surface area (TPSA) is 152 Å². The summed E-state index contributed by atoms with van der Waals surface area (Å²) in [5.74, 6) is -2.43. The van der Waals surface area contributed by atoms with E-state index in [-0.39, 0.29) is 23.9 Å². The minimum Gasteiger partial charge on any atom is -0.467 e. The smallest absolute Gasteiger partial charge is 0.336 e. The Bertz CT molecular complexity index is 1640. The molecule has 4 aromatic rings. The number of ether oxygens (including phenoxy) is 1. The molecule has 0 saturated heterocycles. The van der Waals surface area contributed by atoms with E-state index < -0.39 is 46.0 Å². The number of nitrogens with two attached hydrogens (primary N) is 1. The van der Waals surface area contributed by atoms with E-state index in [0.717, 1.165) is 0 Å². The van der Waals surface area contributed by atoms with Crippen LogP contribution in [0.4, 0.5) is 0 Å². The maximum absolute atomic E-state index is 13.8. The van der Waals surface area contributed by atoms with Crippen LogP contribution in [0.25, 0.3) is 0 Å². The molecule has 1 aromatic heterocycles. The number of aliphatic hydroxyl groups excluding tert-OH is 1. The number of esters is 1. The van der Waals surface area contributed by atoms with Crippen LogP contribution >= 0.6 is 11.3 Å². The van der Waals surface area contributed by atoms with Crippen LogP contribution in [0.5, 0.6) is 0 Å². The second kappa shape index (κ2) is 15.6. The van der Waals surface area contributed by atoms with Gasteiger partial charge in [0.1, 0.15) is 5.01 Å². The zero-order valence-electron chi connectivity index (χ0n) is 26.1. The number of hydrogen-bond acceptors (Lipinski definition) is 9. The van der Waals surface area contributed by atoms with E-state index in [0.29, 0.717) is 27.4 Å². The predicted octanol–water partition coefficient (Wildman–Crippen LogP) is 4.23. The maximum atomic E-state index is 13.8. The highest BCUT2D eigenvalue weighted by Crippen LogP contribution is 2.37. The van der Waals surface area contributed by atoms with Crippen molar-refractivity contribution in [3.63, 3.8) is 0 Å². The van der Waals surface area contributed by atoms with Crippen LogP contribution in [0.1, 0.15) is 53.2 Å². The van der Waals surface area contributed by atoms with Crippen LogP contribution in [0, 0.1) is 5.92 Å². The molecule has 0 bridgehead atoms. The highest BCUT2D eigenvalue weighted by molar-refractivity contribution is 7.89. The summed E-state index contributed by atoms with van der Waals surface area (Å²) in [5.41, 5.74) is 5.34. The third kappa shape index (κ3) is 7.54. The van der Waals surface area contributed by atoms with Crippen molar-refractivity contribution in [3.05, 3.63) is 118 Å². The summed E-state index contributed by atoms with van der Waals surface area (Å²) in [5, 5.41) is 14.1. The number of carbonyl (C=O) groups is 2. The average Bonchev–Trinajstić information content (AvgIpc) is 3.54. The molecule has 3 aromatic carbocycles. The third-order valence-corrected chi connectivity index (χ3v) is 10.8. The molecule has 0 aliphatic heterocycles. The van der Waals surface area contributed by atoms with Crippen LogP contribution in [-0.4, -0.2) is 60.5 Å². The zero-order chi connectivity index (χ0) is 33.3. The molecule has 1 unspecified atom stereocenters. The number of aliphatic hydroxyl groups is 1. The van der Waals surface area contributed by atoms with Crippen LogP contribution < -0.4 is 11.1 Å². The van der Waals surface area contributed by atoms with Crippen molar-refractivity contribution < 1.29 is 27.9 Å². The first-order chi connectivity index (χ1) is 22.1. The van der Waals surface area contributed by atoms with Gasteiger partial charge in [0, 0.05) is 30.1 Å². The average molecular weight is 665 g/mol. The molecular weight excluding hydrogens is 625 g/mol. The number of hydrogen-bond donors (Lipinski definition) is 3. The normalized spacial score (nSPS) is 13.9. The summed E-state index contributed by atoms with van der Waals surface area (Å²) < 4.78 is 34.1. The molecule has 0 spiro atoms. The molecular formula is C34H40N4O6S2. The van der Waals surface area contributed by atoms with E-state index in [1.165, 1.54) is 41.1 Å². The first-order valence-corrected chi connectivity index (χ1v) is 17.2. The number of thiazole rings is 1. The van der Waals surface area contributed by atoms with Crippen molar-refractivity contribution in [1.82, 2.24) is 14.6 Å². The monoisotopic (exact) mass is 664 g/mol. The number of methoxy groups -OCH3 is 1. The number of nitrogens with zero attached hydrogens (tertiary/aromatic N) is 2. The molecule has 244 valence electrons. The molecule has 0 radical (unpaired) electrons. The lowest BCUT2D eigenvalue weighted by molar-refractivity contribution is -0.154. The van der Waals surface area contributed by atoms with Crippen LogP contribution in [-0.2, 0) is 30.9 Å². The van der Waals surface area contributed by atoms with E-state index in [9.17, 15) is 23.1 Å². The SMILES string of the molecule is COC(=O)[C@@](NCc1ncc(C(CO)N(CCC(C)C)S(=O)(=O)c2ccccc2)s1)(C(N)=O)C(c1ccccc1)c1ccccc1. The molecule has 0 aliphatic carbocycles. The molecule has 4 N–H and O–H groups in total. The van der Waals surface area contributed by atoms with Crippen molar-refractivity contribution >= 4 is 33.2 Å². The van der Waals surface area contributed by atoms with Gasteiger partial charge in [0.25, 0.3) is 0 Å². The Morgan fingerprint density at radius 2 is 1.52 bits per heavy atom. The second-order valence-corrected chi connectivity index (χ2v) is 14.3. The fourth-order valence-electron chi connectivity index (χ4n) is 5.42. The zero-order valence-corrected chi connectivity index (χ0v) is 27.7. The van der Waals surface area contributed by atoms with Crippen molar-refractivity contribution in [2.75, 3.05) is 20.3 Å². The second-order valence-electron chi connectivity index (χ2n) is 11.2. The highest BCUT2D eigenvalue weighted by Gasteiger charge is 2.53. The number of sulfonamides is 1. The summed E-state index contributed by atoms with van der Waals surface area (Å²) in [4.78, 5) is 32.1. The molecule has 0 aliphatic rings. The van der Waals surface area contributed by atoms with Crippen LogP contribution in [0.3, 0.4) is 0 Å². The molecule has 2 atom stereocenters. The maximum Gasteiger partial charge on any atom is 0.336 e. The molecule has 1 amide bonds. The van der Waals surface area contributed by atoms with Gasteiger partial charge in [0.2, 0.25) is 21.5 Å². The lowest BCUT2D eigenvalue weighted by atomic mass is 9.74. The summed E-state index contributed by atoms with van der Waals surface area (Å²) in [6.07, 6.45) is 2.10. The third-order valence-electron chi connectivity index (χ3n) is 7.81. The molecule has 10 nitrogen and oxygen atoms in total. The Morgan fingerprint density at radius 1 is 0.978 bits per heavy atom. The Balaban J connectivity index is 1.72. The summed E-state index contributed by atoms with van der Waals surface area (Å²) in [6, 6.07) is 25.4. The summed E-state index contributed by atoms with van der Waals surface area (Å²) in [6.45, 7) is 3.64. The van der Waals surface area contributed by atoms with E-state index in [1.54, 1.807) is 18.2 Å². The Hall–Kier alpha value is -3.94. The lowest BCUT2D eigenvalue weighted by Crippen LogP contribution is -2.65. The summed E-state index contributed by atoms with van der Waals surface area (Å²) >= 11 is 1.17. The number of rotatable bonds is 16. The predicted molar refractivity (Wildman–Crippen MR) is 177 cm³/mol. The van der Waals surface area contributed by atoms with E-state index in [1.807, 2.05) is 74.5 Å². The largest absolute Gasteiger partial charge is 0.467 e. The van der Waals surface area contributed by atoms with Gasteiger partial charge in [-0.3, -0.25) is 10.1 Å². The fraction of sp³-hybridized carbons (Fsp3) is 0.324. The Morgan fingerprint density at radius 3 is 2.00 bits per heavy atom. The first-order valence-electron chi connectivity index (χ1n) is 14.9. The standard InChI is InChI=1S/C34H40N4O6S2/c1-24(2)19-20-38(46(42,43)27-17-11-6-12-18-27)28(23-39)29-21-36-30(45-29)22-37-34(32(35)40,33(41)44-3)31(25-13-7-4-8-14-25)26-15-9-5-10-16-26/h4-18,21,24,28,31,37,39H,19-20,22-23H2,1-3H3,(H2,35,40)/t28?,34-/m0/s1. The van der Waals surface area contributed by atoms with Gasteiger partial charge < -0.3 is 15.6 Å². The van der Waals surface area contributed by atoms with Crippen LogP contribution in [0.2, 0.25) is 0 Å². The molecule has 0 fully saturated rings. The highest BCUT2D eigenvalue weighted by atomic mass is 32.2. The van der Waals surface area contributed by atoms with Crippen molar-refractivity contribution in [3.8, 4) is 0 Å². The van der Waals surface area contributed by atoms with Gasteiger partial charge in [-0.05, 0) is 35.6 Å². The van der Waals surface area contributed by atoms with E-state index >= 15 is 0 Å². The van der Waals surface area contributed by atoms with Crippen molar-refractivity contribution in [2.45, 2.75) is 49.2 Å². The van der Waals surface area contributed by atoms with Gasteiger partial charge in [-0.1, -0.05) is 92.7 Å². The number of carbonyl (C=O) groups excluding carboxylic acids is 2. The van der Waals surface area contributed by atoms with Crippen LogP contribution in [0.15, 0.2) is 102 Å².